The summed E-state index contributed by atoms with van der Waals surface area (Å²) in [6, 6.07) is 3.45. The van der Waals surface area contributed by atoms with Crippen LogP contribution >= 0.6 is 22.9 Å². The van der Waals surface area contributed by atoms with Crippen LogP contribution in [0.25, 0.3) is 21.6 Å². The van der Waals surface area contributed by atoms with Gasteiger partial charge in [0.1, 0.15) is 16.6 Å². The SMILES string of the molecule is COc1cnc(Cl)cc1-c1cc(C)ncc1C(=O)Nc1nc2ncc(C#CC(C)(C)C)nc2s1. The number of nitrogens with zero attached hydrogens (tertiary/aromatic N) is 5. The number of ether oxygens (including phenoxy) is 1. The molecule has 1 N–H and O–H groups in total. The van der Waals surface area contributed by atoms with Crippen LogP contribution in [0.1, 0.15) is 42.5 Å². The number of methoxy groups -OCH3 is 1. The third-order valence-corrected chi connectivity index (χ3v) is 5.60. The van der Waals surface area contributed by atoms with Crippen molar-refractivity contribution in [1.82, 2.24) is 24.9 Å². The molecule has 4 rings (SSSR count). The largest absolute Gasteiger partial charge is 0.494 e. The Balaban J connectivity index is 1.67. The number of amides is 1. The molecule has 4 aromatic rings. The van der Waals surface area contributed by atoms with E-state index in [0.29, 0.717) is 43.7 Å². The monoisotopic (exact) mass is 492 g/mol. The molecular formula is C24H21ClN6O2S. The number of halogens is 1. The minimum absolute atomic E-state index is 0.148. The summed E-state index contributed by atoms with van der Waals surface area (Å²) in [4.78, 5) is 35.4. The summed E-state index contributed by atoms with van der Waals surface area (Å²) in [5, 5.41) is 3.48. The summed E-state index contributed by atoms with van der Waals surface area (Å²) in [5.41, 5.74) is 3.16. The zero-order chi connectivity index (χ0) is 24.5. The third kappa shape index (κ3) is 5.30. The number of carbonyl (C=O) groups is 1. The van der Waals surface area contributed by atoms with Gasteiger partial charge in [-0.2, -0.15) is 4.98 Å². The van der Waals surface area contributed by atoms with Gasteiger partial charge in [-0.05, 0) is 45.7 Å². The molecule has 8 nitrogen and oxygen atoms in total. The predicted molar refractivity (Wildman–Crippen MR) is 133 cm³/mol. The lowest BCUT2D eigenvalue weighted by Gasteiger charge is -2.13. The fourth-order valence-corrected chi connectivity index (χ4v) is 3.96. The molecule has 10 heteroatoms. The molecular weight excluding hydrogens is 472 g/mol. The van der Waals surface area contributed by atoms with Crippen LogP contribution < -0.4 is 10.1 Å². The van der Waals surface area contributed by atoms with Crippen LogP contribution in [0, 0.1) is 24.2 Å². The fraction of sp³-hybridized carbons (Fsp3) is 0.250. The summed E-state index contributed by atoms with van der Waals surface area (Å²) >= 11 is 7.34. The molecule has 0 saturated heterocycles. The zero-order valence-corrected chi connectivity index (χ0v) is 20.8. The minimum atomic E-state index is -0.385. The van der Waals surface area contributed by atoms with Crippen molar-refractivity contribution in [1.29, 1.82) is 0 Å². The molecule has 1 amide bonds. The van der Waals surface area contributed by atoms with Gasteiger partial charge >= 0.3 is 0 Å². The van der Waals surface area contributed by atoms with E-state index in [1.54, 1.807) is 18.3 Å². The Kier molecular flexibility index (Phi) is 6.46. The maximum absolute atomic E-state index is 13.2. The molecule has 0 fully saturated rings. The molecule has 4 aromatic heterocycles. The summed E-state index contributed by atoms with van der Waals surface area (Å²) < 4.78 is 5.43. The van der Waals surface area contributed by atoms with Crippen molar-refractivity contribution in [3.63, 3.8) is 0 Å². The van der Waals surface area contributed by atoms with E-state index >= 15 is 0 Å². The zero-order valence-electron chi connectivity index (χ0n) is 19.2. The average Bonchev–Trinajstić information content (AvgIpc) is 3.18. The van der Waals surface area contributed by atoms with E-state index in [1.165, 1.54) is 30.8 Å². The standard InChI is InChI=1S/C24H21ClN6O2S/c1-13-8-15(16-9-19(25)27-12-18(16)33-5)17(11-26-13)21(32)31-23-30-20-22(34-23)29-14(10-28-20)6-7-24(2,3)4/h8-12H,1-5H3,(H,28,30,31,32). The molecule has 0 bridgehead atoms. The summed E-state index contributed by atoms with van der Waals surface area (Å²) in [6.45, 7) is 7.91. The highest BCUT2D eigenvalue weighted by Gasteiger charge is 2.19. The van der Waals surface area contributed by atoms with Gasteiger partial charge in [0.05, 0.1) is 25.1 Å². The van der Waals surface area contributed by atoms with Crippen LogP contribution in [-0.4, -0.2) is 37.9 Å². The number of pyridine rings is 2. The second-order valence-electron chi connectivity index (χ2n) is 8.44. The van der Waals surface area contributed by atoms with E-state index in [1.807, 2.05) is 27.7 Å². The van der Waals surface area contributed by atoms with Gasteiger partial charge in [0, 0.05) is 28.4 Å². The topological polar surface area (TPSA) is 103 Å². The van der Waals surface area contributed by atoms with Gasteiger partial charge in [0.25, 0.3) is 5.91 Å². The van der Waals surface area contributed by atoms with E-state index in [0.717, 1.165) is 5.69 Å². The number of aromatic nitrogens is 5. The molecule has 172 valence electrons. The van der Waals surface area contributed by atoms with E-state index < -0.39 is 0 Å². The highest BCUT2D eigenvalue weighted by Crippen LogP contribution is 2.34. The van der Waals surface area contributed by atoms with Gasteiger partial charge in [0.2, 0.25) is 0 Å². The predicted octanol–water partition coefficient (Wildman–Crippen LogP) is 5.16. The smallest absolute Gasteiger partial charge is 0.259 e. The van der Waals surface area contributed by atoms with Gasteiger partial charge in [0.15, 0.2) is 15.6 Å². The average molecular weight is 493 g/mol. The van der Waals surface area contributed by atoms with Crippen LogP contribution in [-0.2, 0) is 0 Å². The number of thiazole rings is 1. The molecule has 0 atom stereocenters. The lowest BCUT2D eigenvalue weighted by Crippen LogP contribution is -2.14. The lowest BCUT2D eigenvalue weighted by molar-refractivity contribution is 0.102. The molecule has 0 aliphatic heterocycles. The van der Waals surface area contributed by atoms with Crippen molar-refractivity contribution in [2.45, 2.75) is 27.7 Å². The van der Waals surface area contributed by atoms with Crippen molar-refractivity contribution >= 4 is 44.5 Å². The number of nitrogens with one attached hydrogen (secondary N) is 1. The Morgan fingerprint density at radius 1 is 1.09 bits per heavy atom. The Hall–Kier alpha value is -3.61. The molecule has 0 radical (unpaired) electrons. The first-order valence-corrected chi connectivity index (χ1v) is 11.5. The first kappa shape index (κ1) is 23.5. The van der Waals surface area contributed by atoms with Crippen LogP contribution in [0.15, 0.2) is 30.7 Å². The maximum atomic E-state index is 13.2. The van der Waals surface area contributed by atoms with Gasteiger partial charge < -0.3 is 4.74 Å². The molecule has 0 aliphatic carbocycles. The number of carbonyl (C=O) groups excluding carboxylic acids is 1. The molecule has 34 heavy (non-hydrogen) atoms. The summed E-state index contributed by atoms with van der Waals surface area (Å²) in [7, 11) is 1.53. The van der Waals surface area contributed by atoms with Crippen molar-refractivity contribution < 1.29 is 9.53 Å². The van der Waals surface area contributed by atoms with E-state index in [2.05, 4.69) is 42.1 Å². The number of hydrogen-bond acceptors (Lipinski definition) is 8. The van der Waals surface area contributed by atoms with Crippen LogP contribution in [0.2, 0.25) is 5.15 Å². The summed E-state index contributed by atoms with van der Waals surface area (Å²) in [6.07, 6.45) is 4.60. The number of fused-ring (bicyclic) bond motifs is 1. The Morgan fingerprint density at radius 2 is 1.88 bits per heavy atom. The van der Waals surface area contributed by atoms with Crippen LogP contribution in [0.5, 0.6) is 5.75 Å². The molecule has 0 saturated carbocycles. The number of aryl methyl sites for hydroxylation is 1. The van der Waals surface area contributed by atoms with Gasteiger partial charge in [-0.25, -0.2) is 15.0 Å². The number of rotatable bonds is 4. The van der Waals surface area contributed by atoms with E-state index in [9.17, 15) is 4.79 Å². The first-order valence-electron chi connectivity index (χ1n) is 10.3. The number of anilines is 1. The Morgan fingerprint density at radius 3 is 2.62 bits per heavy atom. The molecule has 4 heterocycles. The first-order chi connectivity index (χ1) is 16.1. The highest BCUT2D eigenvalue weighted by molar-refractivity contribution is 7.21. The van der Waals surface area contributed by atoms with E-state index in [4.69, 9.17) is 16.3 Å². The second kappa shape index (κ2) is 9.33. The van der Waals surface area contributed by atoms with Crippen LogP contribution in [0.4, 0.5) is 5.13 Å². The normalized spacial score (nSPS) is 11.1. The Labute approximate surface area is 205 Å². The highest BCUT2D eigenvalue weighted by atomic mass is 35.5. The van der Waals surface area contributed by atoms with Gasteiger partial charge in [-0.15, -0.1) is 0 Å². The second-order valence-corrected chi connectivity index (χ2v) is 9.80. The number of hydrogen-bond donors (Lipinski definition) is 1. The van der Waals surface area contributed by atoms with Crippen molar-refractivity contribution in [2.75, 3.05) is 12.4 Å². The van der Waals surface area contributed by atoms with Crippen molar-refractivity contribution in [3.05, 3.63) is 52.8 Å². The molecule has 0 unspecified atom stereocenters. The van der Waals surface area contributed by atoms with Crippen LogP contribution in [0.3, 0.4) is 0 Å². The third-order valence-electron chi connectivity index (χ3n) is 4.54. The fourth-order valence-electron chi connectivity index (χ4n) is 3.01. The van der Waals surface area contributed by atoms with Gasteiger partial charge in [-0.1, -0.05) is 28.9 Å². The van der Waals surface area contributed by atoms with Gasteiger partial charge in [-0.3, -0.25) is 15.1 Å². The molecule has 0 spiro atoms. The lowest BCUT2D eigenvalue weighted by atomic mass is 9.98. The Bertz CT molecular complexity index is 1470. The molecule has 0 aliphatic rings. The molecule has 0 aromatic carbocycles. The van der Waals surface area contributed by atoms with Crippen molar-refractivity contribution in [2.24, 2.45) is 5.41 Å². The minimum Gasteiger partial charge on any atom is -0.494 e. The van der Waals surface area contributed by atoms with Crippen molar-refractivity contribution in [3.8, 4) is 28.7 Å². The van der Waals surface area contributed by atoms with E-state index in [-0.39, 0.29) is 16.5 Å². The summed E-state index contributed by atoms with van der Waals surface area (Å²) in [5.74, 6) is 6.27. The maximum Gasteiger partial charge on any atom is 0.259 e. The quantitative estimate of drug-likeness (QED) is 0.310.